The molecular formula is C53H57FN8O7. The fraction of sp³-hybridized carbons (Fsp3) is 0.396. The number of piperazine rings is 1. The number of nitrogens with zero attached hydrogens (tertiary/aromatic N) is 4. The van der Waals surface area contributed by atoms with E-state index in [2.05, 4.69) is 42.0 Å². The number of amides is 5. The molecule has 4 aromatic carbocycles. The average molecular weight is 937 g/mol. The number of anilines is 4. The van der Waals surface area contributed by atoms with E-state index in [1.54, 1.807) is 37.6 Å². The molecular weight excluding hydrogens is 880 g/mol. The molecule has 15 nitrogen and oxygen atoms in total. The van der Waals surface area contributed by atoms with E-state index in [9.17, 15) is 28.4 Å². The van der Waals surface area contributed by atoms with E-state index in [-0.39, 0.29) is 29.5 Å². The van der Waals surface area contributed by atoms with Crippen molar-refractivity contribution in [3.63, 3.8) is 0 Å². The second-order valence-electron chi connectivity index (χ2n) is 19.2. The van der Waals surface area contributed by atoms with Crippen LogP contribution in [0.1, 0.15) is 69.3 Å². The summed E-state index contributed by atoms with van der Waals surface area (Å²) in [4.78, 5) is 75.1. The zero-order chi connectivity index (χ0) is 47.6. The third kappa shape index (κ3) is 10.1. The van der Waals surface area contributed by atoms with Crippen LogP contribution < -0.4 is 35.6 Å². The predicted molar refractivity (Wildman–Crippen MR) is 260 cm³/mol. The Labute approximate surface area is 400 Å². The molecule has 4 aliphatic heterocycles. The summed E-state index contributed by atoms with van der Waals surface area (Å²) in [5, 5.41) is 11.8. The summed E-state index contributed by atoms with van der Waals surface area (Å²) >= 11 is 0. The van der Waals surface area contributed by atoms with Crippen LogP contribution in [0.3, 0.4) is 0 Å². The minimum atomic E-state index is -1.17. The Morgan fingerprint density at radius 2 is 1.45 bits per heavy atom. The third-order valence-corrected chi connectivity index (χ3v) is 14.7. The summed E-state index contributed by atoms with van der Waals surface area (Å²) in [6.07, 6.45) is 8.03. The molecule has 0 radical (unpaired) electrons. The lowest BCUT2D eigenvalue weighted by molar-refractivity contribution is -0.134. The Hall–Kier alpha value is -6.91. The fourth-order valence-corrected chi connectivity index (χ4v) is 10.6. The minimum Gasteiger partial charge on any atom is -0.495 e. The number of hydrogen-bond acceptors (Lipinski definition) is 11. The lowest BCUT2D eigenvalue weighted by atomic mass is 9.90. The number of aromatic nitrogens is 1. The number of imide groups is 1. The second kappa shape index (κ2) is 19.6. The molecule has 1 aliphatic carbocycles. The Morgan fingerprint density at radius 3 is 2.10 bits per heavy atom. The van der Waals surface area contributed by atoms with Gasteiger partial charge in [-0.15, -0.1) is 0 Å². The molecule has 1 aromatic heterocycles. The molecule has 5 amide bonds. The molecule has 1 saturated carbocycles. The zero-order valence-corrected chi connectivity index (χ0v) is 38.7. The van der Waals surface area contributed by atoms with Gasteiger partial charge in [0.2, 0.25) is 29.5 Å². The topological polar surface area (TPSA) is 175 Å². The van der Waals surface area contributed by atoms with Gasteiger partial charge in [0.05, 0.1) is 24.2 Å². The van der Waals surface area contributed by atoms with E-state index in [1.165, 1.54) is 30.7 Å². The van der Waals surface area contributed by atoms with Crippen molar-refractivity contribution in [1.29, 1.82) is 0 Å². The maximum atomic E-state index is 13.3. The first-order chi connectivity index (χ1) is 33.5. The lowest BCUT2D eigenvalue weighted by Gasteiger charge is -2.39. The van der Waals surface area contributed by atoms with Crippen LogP contribution in [0.2, 0.25) is 0 Å². The first-order valence-electron chi connectivity index (χ1n) is 24.1. The van der Waals surface area contributed by atoms with Crippen LogP contribution in [0.4, 0.5) is 27.1 Å². The van der Waals surface area contributed by atoms with Gasteiger partial charge in [0.1, 0.15) is 28.5 Å². The zero-order valence-electron chi connectivity index (χ0n) is 38.7. The Morgan fingerprint density at radius 1 is 0.797 bits per heavy atom. The van der Waals surface area contributed by atoms with Crippen molar-refractivity contribution in [1.82, 2.24) is 20.1 Å². The number of nitrogens with one attached hydrogen (secondary N) is 4. The van der Waals surface area contributed by atoms with Crippen LogP contribution >= 0.6 is 0 Å². The number of carbonyl (C=O) groups excluding carboxylic acids is 5. The van der Waals surface area contributed by atoms with Crippen LogP contribution in [0.25, 0.3) is 10.9 Å². The third-order valence-electron chi connectivity index (χ3n) is 14.7. The van der Waals surface area contributed by atoms with Crippen molar-refractivity contribution >= 4 is 63.2 Å². The number of benzene rings is 4. The number of carbonyl (C=O) groups is 5. The van der Waals surface area contributed by atoms with Gasteiger partial charge in [0.25, 0.3) is 0 Å². The van der Waals surface area contributed by atoms with Crippen molar-refractivity contribution in [3.8, 4) is 17.2 Å². The monoisotopic (exact) mass is 936 g/mol. The number of piperidine rings is 2. The number of ether oxygens (including phenoxy) is 2. The molecule has 69 heavy (non-hydrogen) atoms. The summed E-state index contributed by atoms with van der Waals surface area (Å²) in [6.45, 7) is 5.99. The molecule has 5 aromatic rings. The molecule has 5 aliphatic rings. The summed E-state index contributed by atoms with van der Waals surface area (Å²) in [7, 11) is 1.69. The molecule has 1 unspecified atom stereocenters. The van der Waals surface area contributed by atoms with E-state index in [1.807, 2.05) is 36.4 Å². The van der Waals surface area contributed by atoms with Gasteiger partial charge in [-0.1, -0.05) is 12.1 Å². The van der Waals surface area contributed by atoms with Crippen LogP contribution in [0, 0.1) is 17.2 Å². The number of halogens is 1. The molecule has 2 bridgehead atoms. The largest absolute Gasteiger partial charge is 0.495 e. The molecule has 5 heterocycles. The molecule has 358 valence electrons. The number of methoxy groups -OCH3 is 1. The van der Waals surface area contributed by atoms with Crippen LogP contribution in [0.15, 0.2) is 97.2 Å². The summed E-state index contributed by atoms with van der Waals surface area (Å²) in [6, 6.07) is 26.8. The van der Waals surface area contributed by atoms with Gasteiger partial charge in [-0.25, -0.2) is 4.39 Å². The number of rotatable bonds is 16. The number of hydrogen-bond donors (Lipinski definition) is 4. The SMILES string of the molecule is COc1cc2c(Oc3ccc(NC(=O)C4(C(=O)Nc5ccc(F)cc5)CC4)cc3)ccnc2cc1N1CCC(CN2C[C@@H]3C[C@H]2CN3CCCC(=O)Nc2ccc(C3CCC(=O)NC3=O)cc2)CC1. The standard InChI is InChI=1S/C53H57FN8O7/c1-68-47-28-43-44(55-23-18-46(43)69-41-14-12-38(13-15-41)58-52(67)53(21-22-53)51(66)57-37-10-6-35(54)7-11-37)29-45(47)60-25-19-33(20-26-60)30-62-32-39-27-40(62)31-61(39)24-2-3-48(63)56-36-8-4-34(5-9-36)42-16-17-49(64)59-50(42)65/h4-15,18,23,28-29,33,39-40,42H,2-3,16-17,19-22,24-27,30-32H2,1H3,(H,56,63)(H,57,66)(H,58,67)(H,59,64,65)/t39-,40-,42?/m0/s1. The van der Waals surface area contributed by atoms with E-state index < -0.39 is 17.1 Å². The maximum Gasteiger partial charge on any atom is 0.240 e. The second-order valence-corrected chi connectivity index (χ2v) is 19.2. The number of pyridine rings is 1. The molecule has 10 rings (SSSR count). The van der Waals surface area contributed by atoms with Gasteiger partial charge in [-0.3, -0.25) is 44.1 Å². The Kier molecular flexibility index (Phi) is 13.0. The van der Waals surface area contributed by atoms with Gasteiger partial charge < -0.3 is 30.3 Å². The van der Waals surface area contributed by atoms with Gasteiger partial charge in [-0.05, 0) is 142 Å². The van der Waals surface area contributed by atoms with Crippen LogP contribution in [0.5, 0.6) is 17.2 Å². The number of fused-ring (bicyclic) bond motifs is 3. The highest BCUT2D eigenvalue weighted by Gasteiger charge is 2.56. The van der Waals surface area contributed by atoms with Crippen molar-refractivity contribution in [2.24, 2.45) is 11.3 Å². The molecule has 4 saturated heterocycles. The summed E-state index contributed by atoms with van der Waals surface area (Å²) in [5.74, 6) is 0.490. The maximum absolute atomic E-state index is 13.3. The lowest BCUT2D eigenvalue weighted by Crippen LogP contribution is -2.49. The highest BCUT2D eigenvalue weighted by Crippen LogP contribution is 2.48. The molecule has 5 fully saturated rings. The summed E-state index contributed by atoms with van der Waals surface area (Å²) in [5.41, 5.74) is 3.15. The van der Waals surface area contributed by atoms with E-state index in [0.717, 1.165) is 86.4 Å². The van der Waals surface area contributed by atoms with Crippen molar-refractivity contribution in [2.75, 3.05) is 67.2 Å². The van der Waals surface area contributed by atoms with Crippen molar-refractivity contribution < 1.29 is 37.8 Å². The highest BCUT2D eigenvalue weighted by atomic mass is 19.1. The number of likely N-dealkylation sites (tertiary alicyclic amines) is 2. The minimum absolute atomic E-state index is 0.0130. The van der Waals surface area contributed by atoms with Gasteiger partial charge in [0, 0.05) is 86.3 Å². The first-order valence-corrected chi connectivity index (χ1v) is 24.1. The predicted octanol–water partition coefficient (Wildman–Crippen LogP) is 7.45. The summed E-state index contributed by atoms with van der Waals surface area (Å²) < 4.78 is 25.6. The normalized spacial score (nSPS) is 21.2. The van der Waals surface area contributed by atoms with Crippen molar-refractivity contribution in [3.05, 3.63) is 109 Å². The molecule has 3 atom stereocenters. The smallest absolute Gasteiger partial charge is 0.240 e. The average Bonchev–Trinajstić information content (AvgIpc) is 3.96. The molecule has 4 N–H and O–H groups in total. The van der Waals surface area contributed by atoms with Gasteiger partial charge in [-0.2, -0.15) is 0 Å². The quantitative estimate of drug-likeness (QED) is 0.0572. The van der Waals surface area contributed by atoms with E-state index >= 15 is 0 Å². The van der Waals surface area contributed by atoms with Crippen molar-refractivity contribution in [2.45, 2.75) is 75.8 Å². The Bertz CT molecular complexity index is 2740. The molecule has 0 spiro atoms. The van der Waals surface area contributed by atoms with Gasteiger partial charge in [0.15, 0.2) is 0 Å². The van der Waals surface area contributed by atoms with E-state index in [0.29, 0.717) is 78.7 Å². The van der Waals surface area contributed by atoms with E-state index in [4.69, 9.17) is 14.5 Å². The molecule has 16 heteroatoms. The van der Waals surface area contributed by atoms with Gasteiger partial charge >= 0.3 is 0 Å². The van der Waals surface area contributed by atoms with Crippen LogP contribution in [-0.2, 0) is 24.0 Å². The first kappa shape index (κ1) is 45.9. The highest BCUT2D eigenvalue weighted by molar-refractivity contribution is 6.17. The Balaban J connectivity index is 0.667. The van der Waals surface area contributed by atoms with Crippen LogP contribution in [-0.4, -0.2) is 103 Å². The fourth-order valence-electron chi connectivity index (χ4n) is 10.6.